The Labute approximate surface area is 166 Å². The topological polar surface area (TPSA) is 41.9 Å². The summed E-state index contributed by atoms with van der Waals surface area (Å²) in [5.74, 6) is 1.70. The van der Waals surface area contributed by atoms with E-state index in [9.17, 15) is 0 Å². The molecule has 4 nitrogen and oxygen atoms in total. The molecule has 2 aliphatic rings. The molecule has 0 N–H and O–H groups in total. The highest BCUT2D eigenvalue weighted by molar-refractivity contribution is 5.64. The molecule has 1 saturated carbocycles. The summed E-state index contributed by atoms with van der Waals surface area (Å²) in [5.41, 5.74) is 8.69. The lowest BCUT2D eigenvalue weighted by molar-refractivity contribution is 0.242. The first-order valence-electron chi connectivity index (χ1n) is 10.3. The van der Waals surface area contributed by atoms with Crippen molar-refractivity contribution in [3.05, 3.63) is 76.5 Å². The summed E-state index contributed by atoms with van der Waals surface area (Å²) < 4.78 is 0. The lowest BCUT2D eigenvalue weighted by Gasteiger charge is -2.28. The van der Waals surface area contributed by atoms with E-state index in [1.807, 2.05) is 6.20 Å². The summed E-state index contributed by atoms with van der Waals surface area (Å²) in [4.78, 5) is 16.6. The molecule has 1 aliphatic carbocycles. The van der Waals surface area contributed by atoms with Gasteiger partial charge in [-0.3, -0.25) is 9.88 Å². The smallest absolute Gasteiger partial charge is 0.131 e. The van der Waals surface area contributed by atoms with E-state index in [-0.39, 0.29) is 0 Å². The average molecular weight is 371 g/mol. The van der Waals surface area contributed by atoms with Crippen molar-refractivity contribution in [2.75, 3.05) is 6.54 Å². The monoisotopic (exact) mass is 370 g/mol. The third-order valence-corrected chi connectivity index (χ3v) is 6.09. The molecule has 0 unspecified atom stereocenters. The van der Waals surface area contributed by atoms with Crippen LogP contribution in [0.1, 0.15) is 52.5 Å². The molecule has 4 heteroatoms. The maximum atomic E-state index is 4.83. The van der Waals surface area contributed by atoms with Gasteiger partial charge in [0.05, 0.1) is 5.69 Å². The Bertz CT molecular complexity index is 1010. The Kier molecular flexibility index (Phi) is 4.44. The predicted octanol–water partition coefficient (Wildman–Crippen LogP) is 4.59. The number of aromatic nitrogens is 3. The van der Waals surface area contributed by atoms with Crippen LogP contribution in [-0.2, 0) is 19.5 Å². The van der Waals surface area contributed by atoms with E-state index in [0.717, 1.165) is 37.6 Å². The molecule has 1 aromatic carbocycles. The van der Waals surface area contributed by atoms with Crippen LogP contribution in [0.4, 0.5) is 0 Å². The SMILES string of the molecule is Cc1cccc(-c2ccc(CN3CCc4nc(C5CC5)ncc4C3)cn2)c1C. The summed E-state index contributed by atoms with van der Waals surface area (Å²) >= 11 is 0. The number of hydrogen-bond donors (Lipinski definition) is 0. The molecule has 0 spiro atoms. The van der Waals surface area contributed by atoms with Crippen LogP contribution in [0.3, 0.4) is 0 Å². The molecule has 0 atom stereocenters. The van der Waals surface area contributed by atoms with Crippen molar-refractivity contribution in [2.24, 2.45) is 0 Å². The zero-order chi connectivity index (χ0) is 19.1. The van der Waals surface area contributed by atoms with E-state index in [0.29, 0.717) is 5.92 Å². The Morgan fingerprint density at radius 1 is 1.04 bits per heavy atom. The number of hydrogen-bond acceptors (Lipinski definition) is 4. The van der Waals surface area contributed by atoms with Gasteiger partial charge in [0.2, 0.25) is 0 Å². The predicted molar refractivity (Wildman–Crippen MR) is 111 cm³/mol. The first kappa shape index (κ1) is 17.5. The van der Waals surface area contributed by atoms with E-state index >= 15 is 0 Å². The van der Waals surface area contributed by atoms with E-state index in [2.05, 4.69) is 60.3 Å². The van der Waals surface area contributed by atoms with E-state index in [1.165, 1.54) is 46.4 Å². The van der Waals surface area contributed by atoms with Crippen molar-refractivity contribution >= 4 is 0 Å². The molecule has 0 radical (unpaired) electrons. The maximum Gasteiger partial charge on any atom is 0.131 e. The largest absolute Gasteiger partial charge is 0.294 e. The van der Waals surface area contributed by atoms with Gasteiger partial charge in [0.25, 0.3) is 0 Å². The normalized spacial score (nSPS) is 16.8. The second kappa shape index (κ2) is 7.10. The molecule has 0 bridgehead atoms. The Balaban J connectivity index is 1.28. The van der Waals surface area contributed by atoms with Crippen molar-refractivity contribution in [3.8, 4) is 11.3 Å². The second-order valence-electron chi connectivity index (χ2n) is 8.23. The summed E-state index contributed by atoms with van der Waals surface area (Å²) in [5, 5.41) is 0. The van der Waals surface area contributed by atoms with E-state index < -0.39 is 0 Å². The molecule has 28 heavy (non-hydrogen) atoms. The summed E-state index contributed by atoms with van der Waals surface area (Å²) in [6.45, 7) is 7.22. The van der Waals surface area contributed by atoms with Crippen LogP contribution in [0.25, 0.3) is 11.3 Å². The van der Waals surface area contributed by atoms with E-state index in [4.69, 9.17) is 9.97 Å². The fraction of sp³-hybridized carbons (Fsp3) is 0.375. The molecule has 2 aromatic heterocycles. The highest BCUT2D eigenvalue weighted by atomic mass is 15.1. The molecule has 1 fully saturated rings. The zero-order valence-electron chi connectivity index (χ0n) is 16.7. The molecule has 5 rings (SSSR count). The first-order valence-corrected chi connectivity index (χ1v) is 10.3. The Morgan fingerprint density at radius 3 is 2.71 bits per heavy atom. The molecule has 142 valence electrons. The molecule has 3 aromatic rings. The Hall–Kier alpha value is -2.59. The van der Waals surface area contributed by atoms with E-state index in [1.54, 1.807) is 0 Å². The van der Waals surface area contributed by atoms with Crippen molar-refractivity contribution in [2.45, 2.75) is 52.1 Å². The molecular formula is C24H26N4. The summed E-state index contributed by atoms with van der Waals surface area (Å²) in [7, 11) is 0. The Morgan fingerprint density at radius 2 is 1.93 bits per heavy atom. The van der Waals surface area contributed by atoms with Crippen LogP contribution < -0.4 is 0 Å². The van der Waals surface area contributed by atoms with Gasteiger partial charge in [-0.15, -0.1) is 0 Å². The number of benzene rings is 1. The third kappa shape index (κ3) is 3.45. The molecular weight excluding hydrogens is 344 g/mol. The summed E-state index contributed by atoms with van der Waals surface area (Å²) in [6, 6.07) is 10.8. The molecule has 0 amide bonds. The van der Waals surface area contributed by atoms with Gasteiger partial charge in [0.15, 0.2) is 0 Å². The number of nitrogens with zero attached hydrogens (tertiary/aromatic N) is 4. The van der Waals surface area contributed by atoms with Crippen molar-refractivity contribution < 1.29 is 0 Å². The van der Waals surface area contributed by atoms with Crippen molar-refractivity contribution in [1.82, 2.24) is 19.9 Å². The fourth-order valence-corrected chi connectivity index (χ4v) is 4.03. The van der Waals surface area contributed by atoms with Crippen LogP contribution >= 0.6 is 0 Å². The molecule has 0 saturated heterocycles. The van der Waals surface area contributed by atoms with Gasteiger partial charge >= 0.3 is 0 Å². The van der Waals surface area contributed by atoms with Gasteiger partial charge in [-0.05, 0) is 49.4 Å². The fourth-order valence-electron chi connectivity index (χ4n) is 4.03. The first-order chi connectivity index (χ1) is 13.7. The van der Waals surface area contributed by atoms with Gasteiger partial charge in [-0.2, -0.15) is 0 Å². The number of rotatable bonds is 4. The lowest BCUT2D eigenvalue weighted by atomic mass is 10.0. The van der Waals surface area contributed by atoms with Gasteiger partial charge in [-0.1, -0.05) is 24.3 Å². The average Bonchev–Trinajstić information content (AvgIpc) is 3.56. The van der Waals surface area contributed by atoms with Gasteiger partial charge in [0, 0.05) is 61.2 Å². The number of pyridine rings is 1. The van der Waals surface area contributed by atoms with Crippen molar-refractivity contribution in [3.63, 3.8) is 0 Å². The number of aryl methyl sites for hydroxylation is 1. The molecule has 3 heterocycles. The highest BCUT2D eigenvalue weighted by Crippen LogP contribution is 2.38. The minimum atomic E-state index is 0.630. The minimum absolute atomic E-state index is 0.630. The second-order valence-corrected chi connectivity index (χ2v) is 8.23. The van der Waals surface area contributed by atoms with Crippen molar-refractivity contribution in [1.29, 1.82) is 0 Å². The van der Waals surface area contributed by atoms with Gasteiger partial charge in [-0.25, -0.2) is 9.97 Å². The highest BCUT2D eigenvalue weighted by Gasteiger charge is 2.28. The van der Waals surface area contributed by atoms with Crippen LogP contribution in [0, 0.1) is 13.8 Å². The van der Waals surface area contributed by atoms with Gasteiger partial charge < -0.3 is 0 Å². The van der Waals surface area contributed by atoms with Crippen LogP contribution in [0.15, 0.2) is 42.7 Å². The van der Waals surface area contributed by atoms with Gasteiger partial charge in [0.1, 0.15) is 5.82 Å². The van der Waals surface area contributed by atoms with Crippen LogP contribution in [0.5, 0.6) is 0 Å². The zero-order valence-corrected chi connectivity index (χ0v) is 16.7. The minimum Gasteiger partial charge on any atom is -0.294 e. The summed E-state index contributed by atoms with van der Waals surface area (Å²) in [6.07, 6.45) is 7.63. The molecule has 1 aliphatic heterocycles. The maximum absolute atomic E-state index is 4.83. The number of fused-ring (bicyclic) bond motifs is 1. The standard InChI is InChI=1S/C24H26N4/c1-16-4-3-5-21(17(16)2)23-9-6-18(12-25-23)14-28-11-10-22-20(15-28)13-26-24(27-22)19-7-8-19/h3-6,9,12-13,19H,7-8,10-11,14-15H2,1-2H3. The van der Waals surface area contributed by atoms with Crippen LogP contribution in [-0.4, -0.2) is 26.4 Å². The quantitative estimate of drug-likeness (QED) is 0.673. The third-order valence-electron chi connectivity index (χ3n) is 6.09. The lowest BCUT2D eigenvalue weighted by Crippen LogP contribution is -2.31. The van der Waals surface area contributed by atoms with Crippen LogP contribution in [0.2, 0.25) is 0 Å².